The molecule has 0 radical (unpaired) electrons. The lowest BCUT2D eigenvalue weighted by Crippen LogP contribution is -2.37. The van der Waals surface area contributed by atoms with Crippen LogP contribution in [-0.2, 0) is 27.9 Å². The molecule has 0 saturated carbocycles. The zero-order valence-corrected chi connectivity index (χ0v) is 36.1. The Labute approximate surface area is 327 Å². The lowest BCUT2D eigenvalue weighted by Gasteiger charge is -2.28. The van der Waals surface area contributed by atoms with Crippen molar-refractivity contribution in [2.45, 2.75) is 187 Å². The van der Waals surface area contributed by atoms with Gasteiger partial charge in [0.15, 0.2) is 0 Å². The molecule has 0 spiro atoms. The molecule has 0 rings (SSSR count). The van der Waals surface area contributed by atoms with Crippen molar-refractivity contribution in [3.05, 3.63) is 36.5 Å². The summed E-state index contributed by atoms with van der Waals surface area (Å²) in [6.45, 7) is 5.29. The van der Waals surface area contributed by atoms with Crippen LogP contribution in [0.3, 0.4) is 0 Å². The predicted octanol–water partition coefficient (Wildman–Crippen LogP) is 12.0. The first-order valence-electron chi connectivity index (χ1n) is 21.7. The minimum Gasteiger partial charge on any atom is -0.756 e. The standard InChI is InChI=1S/C44H84NO7P/c1-6-8-10-12-14-16-18-20-22-24-26-28-30-32-34-36-39-49-41-43(42-51-53(47,48)50-40-38-45(3,4)5)52-44(46)37-35-33-31-29-27-25-23-21-19-17-15-13-11-9-7-2/h9,11,15,17,21,23,43H,6-8,10,12-14,16,18-20,22,24-42H2,1-5H3/b11-9-,17-15-,23-21-/t43-/m0/s1. The van der Waals surface area contributed by atoms with Crippen LogP contribution in [0.25, 0.3) is 0 Å². The molecule has 0 N–H and O–H groups in total. The normalized spacial score (nSPS) is 14.2. The van der Waals surface area contributed by atoms with Crippen LogP contribution in [0.2, 0.25) is 0 Å². The number of carbonyl (C=O) groups is 1. The van der Waals surface area contributed by atoms with Crippen LogP contribution >= 0.6 is 7.82 Å². The van der Waals surface area contributed by atoms with Crippen molar-refractivity contribution in [1.82, 2.24) is 0 Å². The van der Waals surface area contributed by atoms with Crippen LogP contribution in [-0.4, -0.2) is 70.7 Å². The van der Waals surface area contributed by atoms with Gasteiger partial charge in [0.1, 0.15) is 19.3 Å². The van der Waals surface area contributed by atoms with Gasteiger partial charge in [-0.2, -0.15) is 0 Å². The van der Waals surface area contributed by atoms with Gasteiger partial charge in [0.05, 0.1) is 34.4 Å². The molecular weight excluding hydrogens is 685 g/mol. The molecule has 0 saturated heterocycles. The van der Waals surface area contributed by atoms with Gasteiger partial charge in [0.25, 0.3) is 7.82 Å². The number of hydrogen-bond acceptors (Lipinski definition) is 7. The number of allylic oxidation sites excluding steroid dienone is 6. The van der Waals surface area contributed by atoms with Gasteiger partial charge in [-0.3, -0.25) is 9.36 Å². The summed E-state index contributed by atoms with van der Waals surface area (Å²) in [5.74, 6) is -0.350. The Kier molecular flexibility index (Phi) is 36.7. The molecule has 0 fully saturated rings. The average Bonchev–Trinajstić information content (AvgIpc) is 3.11. The summed E-state index contributed by atoms with van der Waals surface area (Å²) in [6.07, 6.45) is 42.9. The summed E-state index contributed by atoms with van der Waals surface area (Å²) in [4.78, 5) is 25.0. The maximum atomic E-state index is 12.7. The number of rotatable bonds is 40. The summed E-state index contributed by atoms with van der Waals surface area (Å²) in [7, 11) is 1.35. The summed E-state index contributed by atoms with van der Waals surface area (Å²) in [5, 5.41) is 0. The van der Waals surface area contributed by atoms with E-state index in [1.54, 1.807) is 0 Å². The van der Waals surface area contributed by atoms with E-state index in [0.717, 1.165) is 70.6 Å². The number of esters is 1. The van der Waals surface area contributed by atoms with E-state index in [1.165, 1.54) is 89.9 Å². The molecule has 0 aromatic rings. The third-order valence-corrected chi connectivity index (χ3v) is 10.2. The van der Waals surface area contributed by atoms with E-state index in [1.807, 2.05) is 21.1 Å². The van der Waals surface area contributed by atoms with E-state index in [0.29, 0.717) is 24.1 Å². The Balaban J connectivity index is 4.25. The molecule has 0 heterocycles. The second-order valence-electron chi connectivity index (χ2n) is 15.7. The highest BCUT2D eigenvalue weighted by Gasteiger charge is 2.20. The molecule has 53 heavy (non-hydrogen) atoms. The van der Waals surface area contributed by atoms with Crippen molar-refractivity contribution in [3.63, 3.8) is 0 Å². The van der Waals surface area contributed by atoms with Crippen LogP contribution in [0.1, 0.15) is 181 Å². The summed E-state index contributed by atoms with van der Waals surface area (Å²) >= 11 is 0. The monoisotopic (exact) mass is 770 g/mol. The first kappa shape index (κ1) is 51.7. The fraction of sp³-hybridized carbons (Fsp3) is 0.841. The van der Waals surface area contributed by atoms with Crippen molar-refractivity contribution < 1.29 is 37.3 Å². The third kappa shape index (κ3) is 41.7. The van der Waals surface area contributed by atoms with E-state index in [2.05, 4.69) is 50.3 Å². The summed E-state index contributed by atoms with van der Waals surface area (Å²) < 4.78 is 34.6. The molecule has 312 valence electrons. The number of phosphoric acid groups is 1. The smallest absolute Gasteiger partial charge is 0.306 e. The molecule has 0 aromatic carbocycles. The Morgan fingerprint density at radius 2 is 1.09 bits per heavy atom. The number of hydrogen-bond donors (Lipinski definition) is 0. The molecule has 0 amide bonds. The molecule has 8 nitrogen and oxygen atoms in total. The fourth-order valence-electron chi connectivity index (χ4n) is 5.85. The zero-order chi connectivity index (χ0) is 39.1. The van der Waals surface area contributed by atoms with E-state index in [-0.39, 0.29) is 25.8 Å². The molecular formula is C44H84NO7P. The number of quaternary nitrogens is 1. The molecule has 1 unspecified atom stereocenters. The van der Waals surface area contributed by atoms with Gasteiger partial charge in [-0.15, -0.1) is 0 Å². The van der Waals surface area contributed by atoms with Gasteiger partial charge in [0.2, 0.25) is 0 Å². The maximum absolute atomic E-state index is 12.7. The van der Waals surface area contributed by atoms with Crippen LogP contribution in [0.15, 0.2) is 36.5 Å². The molecule has 0 aliphatic rings. The number of likely N-dealkylation sites (N-methyl/N-ethyl adjacent to an activating group) is 1. The minimum atomic E-state index is -4.53. The fourth-order valence-corrected chi connectivity index (χ4v) is 6.58. The van der Waals surface area contributed by atoms with Crippen molar-refractivity contribution in [1.29, 1.82) is 0 Å². The van der Waals surface area contributed by atoms with Crippen LogP contribution in [0.4, 0.5) is 0 Å². The molecule has 9 heteroatoms. The zero-order valence-electron chi connectivity index (χ0n) is 35.2. The lowest BCUT2D eigenvalue weighted by atomic mass is 10.0. The second kappa shape index (κ2) is 37.6. The summed E-state index contributed by atoms with van der Waals surface area (Å²) in [6, 6.07) is 0. The Bertz CT molecular complexity index is 947. The average molecular weight is 770 g/mol. The highest BCUT2D eigenvalue weighted by molar-refractivity contribution is 7.45. The van der Waals surface area contributed by atoms with Crippen LogP contribution < -0.4 is 4.89 Å². The van der Waals surface area contributed by atoms with Crippen molar-refractivity contribution in [2.24, 2.45) is 0 Å². The quantitative estimate of drug-likeness (QED) is 0.0201. The van der Waals surface area contributed by atoms with Crippen molar-refractivity contribution in [2.75, 3.05) is 54.1 Å². The first-order chi connectivity index (χ1) is 25.6. The largest absolute Gasteiger partial charge is 0.756 e. The Morgan fingerprint density at radius 3 is 1.64 bits per heavy atom. The van der Waals surface area contributed by atoms with Gasteiger partial charge in [0, 0.05) is 13.0 Å². The Hall–Kier alpha value is -1.28. The molecule has 0 aliphatic carbocycles. The van der Waals surface area contributed by atoms with Gasteiger partial charge >= 0.3 is 5.97 Å². The van der Waals surface area contributed by atoms with Gasteiger partial charge in [-0.1, -0.05) is 166 Å². The number of unbranched alkanes of at least 4 members (excludes halogenated alkanes) is 20. The highest BCUT2D eigenvalue weighted by atomic mass is 31.2. The molecule has 2 atom stereocenters. The van der Waals surface area contributed by atoms with Gasteiger partial charge < -0.3 is 27.9 Å². The van der Waals surface area contributed by atoms with Gasteiger partial charge in [-0.25, -0.2) is 0 Å². The lowest BCUT2D eigenvalue weighted by molar-refractivity contribution is -0.870. The number of ether oxygens (including phenoxy) is 2. The first-order valence-corrected chi connectivity index (χ1v) is 23.2. The molecule has 0 aliphatic heterocycles. The number of carbonyl (C=O) groups excluding carboxylic acids is 1. The highest BCUT2D eigenvalue weighted by Crippen LogP contribution is 2.38. The molecule has 0 bridgehead atoms. The number of phosphoric ester groups is 1. The van der Waals surface area contributed by atoms with E-state index >= 15 is 0 Å². The van der Waals surface area contributed by atoms with Crippen molar-refractivity contribution in [3.8, 4) is 0 Å². The van der Waals surface area contributed by atoms with E-state index in [9.17, 15) is 14.3 Å². The van der Waals surface area contributed by atoms with Crippen LogP contribution in [0.5, 0.6) is 0 Å². The Morgan fingerprint density at radius 1 is 0.604 bits per heavy atom. The van der Waals surface area contributed by atoms with Crippen LogP contribution in [0, 0.1) is 0 Å². The SMILES string of the molecule is CC/C=C\C/C=C\C/C=C\CCCCCCCC(=O)O[C@@H](COCCCCCCCCCCCCCCCCCC)COP(=O)([O-])OCC[N+](C)(C)C. The third-order valence-electron chi connectivity index (χ3n) is 9.21. The van der Waals surface area contributed by atoms with E-state index < -0.39 is 13.9 Å². The number of nitrogens with zero attached hydrogens (tertiary/aromatic N) is 1. The minimum absolute atomic E-state index is 0.0231. The summed E-state index contributed by atoms with van der Waals surface area (Å²) in [5.41, 5.74) is 0. The molecule has 0 aromatic heterocycles. The van der Waals surface area contributed by atoms with E-state index in [4.69, 9.17) is 18.5 Å². The second-order valence-corrected chi connectivity index (χ2v) is 17.1. The maximum Gasteiger partial charge on any atom is 0.306 e. The van der Waals surface area contributed by atoms with Gasteiger partial charge in [-0.05, 0) is 44.9 Å². The van der Waals surface area contributed by atoms with Crippen molar-refractivity contribution >= 4 is 13.8 Å². The predicted molar refractivity (Wildman–Crippen MR) is 222 cm³/mol. The topological polar surface area (TPSA) is 94.1 Å².